The van der Waals surface area contributed by atoms with E-state index < -0.39 is 0 Å². The Kier molecular flexibility index (Phi) is 3.59. The standard InChI is InChI=1S/C12H14N2O3/c1-2-3-4-9-5-7-16-12(9)13-11(15)10-6-8-17-14-10/h5-8H,2-4H2,1H3,(H,13,15). The van der Waals surface area contributed by atoms with Crippen LogP contribution in [0.2, 0.25) is 0 Å². The number of anilines is 1. The van der Waals surface area contributed by atoms with E-state index in [9.17, 15) is 4.79 Å². The molecular weight excluding hydrogens is 220 g/mol. The molecule has 0 saturated carbocycles. The lowest BCUT2D eigenvalue weighted by molar-refractivity contribution is 0.101. The molecule has 5 heteroatoms. The fourth-order valence-electron chi connectivity index (χ4n) is 1.51. The van der Waals surface area contributed by atoms with Crippen LogP contribution in [0.1, 0.15) is 35.8 Å². The van der Waals surface area contributed by atoms with Gasteiger partial charge in [0.05, 0.1) is 6.26 Å². The van der Waals surface area contributed by atoms with Gasteiger partial charge in [0.2, 0.25) is 5.88 Å². The first-order chi connectivity index (χ1) is 8.31. The molecule has 0 saturated heterocycles. The largest absolute Gasteiger partial charge is 0.448 e. The number of amides is 1. The summed E-state index contributed by atoms with van der Waals surface area (Å²) in [5, 5.41) is 6.23. The molecule has 0 unspecified atom stereocenters. The van der Waals surface area contributed by atoms with Crippen molar-refractivity contribution in [1.29, 1.82) is 0 Å². The number of aryl methyl sites for hydroxylation is 1. The number of unbranched alkanes of at least 4 members (excludes halogenated alkanes) is 1. The fourth-order valence-corrected chi connectivity index (χ4v) is 1.51. The molecule has 17 heavy (non-hydrogen) atoms. The predicted octanol–water partition coefficient (Wildman–Crippen LogP) is 2.86. The summed E-state index contributed by atoms with van der Waals surface area (Å²) in [5.74, 6) is 0.165. The van der Waals surface area contributed by atoms with Crippen LogP contribution in [0.3, 0.4) is 0 Å². The van der Waals surface area contributed by atoms with Gasteiger partial charge in [-0.3, -0.25) is 10.1 Å². The van der Waals surface area contributed by atoms with Crippen molar-refractivity contribution in [2.75, 3.05) is 5.32 Å². The molecule has 0 spiro atoms. The zero-order valence-corrected chi connectivity index (χ0v) is 9.60. The van der Waals surface area contributed by atoms with Gasteiger partial charge in [0.15, 0.2) is 5.69 Å². The van der Waals surface area contributed by atoms with Crippen LogP contribution in [-0.4, -0.2) is 11.1 Å². The maximum atomic E-state index is 11.7. The highest BCUT2D eigenvalue weighted by atomic mass is 16.5. The molecule has 0 aromatic carbocycles. The number of furan rings is 1. The molecule has 5 nitrogen and oxygen atoms in total. The maximum Gasteiger partial charge on any atom is 0.280 e. The quantitative estimate of drug-likeness (QED) is 0.863. The first kappa shape index (κ1) is 11.4. The molecule has 0 aliphatic rings. The van der Waals surface area contributed by atoms with E-state index in [0.29, 0.717) is 5.88 Å². The van der Waals surface area contributed by atoms with Crippen molar-refractivity contribution in [3.8, 4) is 0 Å². The van der Waals surface area contributed by atoms with Gasteiger partial charge in [-0.2, -0.15) is 0 Å². The lowest BCUT2D eigenvalue weighted by Crippen LogP contribution is -2.12. The van der Waals surface area contributed by atoms with E-state index in [1.165, 1.54) is 12.3 Å². The van der Waals surface area contributed by atoms with Crippen LogP contribution in [0.5, 0.6) is 0 Å². The van der Waals surface area contributed by atoms with Gasteiger partial charge in [-0.05, 0) is 18.9 Å². The van der Waals surface area contributed by atoms with Crippen LogP contribution in [0.15, 0.2) is 33.6 Å². The fraction of sp³-hybridized carbons (Fsp3) is 0.333. The number of aromatic nitrogens is 1. The van der Waals surface area contributed by atoms with Crippen LogP contribution >= 0.6 is 0 Å². The third kappa shape index (κ3) is 2.75. The zero-order valence-electron chi connectivity index (χ0n) is 9.60. The molecule has 90 valence electrons. The molecule has 0 radical (unpaired) electrons. The summed E-state index contributed by atoms with van der Waals surface area (Å²) >= 11 is 0. The van der Waals surface area contributed by atoms with Gasteiger partial charge in [-0.15, -0.1) is 0 Å². The van der Waals surface area contributed by atoms with Crippen molar-refractivity contribution in [1.82, 2.24) is 5.16 Å². The van der Waals surface area contributed by atoms with E-state index in [2.05, 4.69) is 21.9 Å². The number of carbonyl (C=O) groups excluding carboxylic acids is 1. The monoisotopic (exact) mass is 234 g/mol. The minimum Gasteiger partial charge on any atom is -0.448 e. The number of rotatable bonds is 5. The normalized spacial score (nSPS) is 10.4. The summed E-state index contributed by atoms with van der Waals surface area (Å²) < 4.78 is 9.85. The van der Waals surface area contributed by atoms with Crippen molar-refractivity contribution in [2.24, 2.45) is 0 Å². The first-order valence-corrected chi connectivity index (χ1v) is 5.59. The SMILES string of the molecule is CCCCc1ccoc1NC(=O)c1ccon1. The average Bonchev–Trinajstić information content (AvgIpc) is 2.97. The van der Waals surface area contributed by atoms with Gasteiger partial charge >= 0.3 is 0 Å². The Bertz CT molecular complexity index is 474. The molecule has 0 aliphatic carbocycles. The minimum atomic E-state index is -0.327. The van der Waals surface area contributed by atoms with Gasteiger partial charge in [-0.25, -0.2) is 0 Å². The molecule has 2 rings (SSSR count). The van der Waals surface area contributed by atoms with Crippen LogP contribution in [0.4, 0.5) is 5.88 Å². The molecular formula is C12H14N2O3. The van der Waals surface area contributed by atoms with Crippen molar-refractivity contribution < 1.29 is 13.7 Å². The third-order valence-corrected chi connectivity index (χ3v) is 2.44. The van der Waals surface area contributed by atoms with Gasteiger partial charge in [0, 0.05) is 11.6 Å². The summed E-state index contributed by atoms with van der Waals surface area (Å²) in [5.41, 5.74) is 1.24. The number of nitrogens with one attached hydrogen (secondary N) is 1. The molecule has 0 fully saturated rings. The van der Waals surface area contributed by atoms with Gasteiger partial charge < -0.3 is 8.94 Å². The van der Waals surface area contributed by atoms with Crippen molar-refractivity contribution in [3.05, 3.63) is 35.9 Å². The Hall–Kier alpha value is -2.04. The van der Waals surface area contributed by atoms with Gasteiger partial charge in [0.1, 0.15) is 6.26 Å². The topological polar surface area (TPSA) is 68.3 Å². The van der Waals surface area contributed by atoms with E-state index in [1.54, 1.807) is 6.26 Å². The van der Waals surface area contributed by atoms with Crippen molar-refractivity contribution in [2.45, 2.75) is 26.2 Å². The third-order valence-electron chi connectivity index (χ3n) is 2.44. The maximum absolute atomic E-state index is 11.7. The lowest BCUT2D eigenvalue weighted by Gasteiger charge is -2.02. The van der Waals surface area contributed by atoms with Crippen LogP contribution in [0, 0.1) is 0 Å². The Morgan fingerprint density at radius 2 is 2.29 bits per heavy atom. The van der Waals surface area contributed by atoms with E-state index in [4.69, 9.17) is 4.42 Å². The van der Waals surface area contributed by atoms with E-state index >= 15 is 0 Å². The lowest BCUT2D eigenvalue weighted by atomic mass is 10.1. The van der Waals surface area contributed by atoms with Crippen LogP contribution < -0.4 is 5.32 Å². The van der Waals surface area contributed by atoms with Gasteiger partial charge in [-0.1, -0.05) is 18.5 Å². The molecule has 1 N–H and O–H groups in total. The first-order valence-electron chi connectivity index (χ1n) is 5.59. The molecule has 0 aliphatic heterocycles. The Morgan fingerprint density at radius 1 is 1.41 bits per heavy atom. The van der Waals surface area contributed by atoms with Crippen molar-refractivity contribution in [3.63, 3.8) is 0 Å². The molecule has 2 heterocycles. The number of hydrogen-bond donors (Lipinski definition) is 1. The predicted molar refractivity (Wildman–Crippen MR) is 61.8 cm³/mol. The van der Waals surface area contributed by atoms with Crippen molar-refractivity contribution >= 4 is 11.8 Å². The second-order valence-electron chi connectivity index (χ2n) is 3.72. The number of carbonyl (C=O) groups is 1. The average molecular weight is 234 g/mol. The number of nitrogens with zero attached hydrogens (tertiary/aromatic N) is 1. The second kappa shape index (κ2) is 5.34. The molecule has 2 aromatic rings. The van der Waals surface area contributed by atoms with E-state index in [-0.39, 0.29) is 11.6 Å². The van der Waals surface area contributed by atoms with E-state index in [0.717, 1.165) is 24.8 Å². The Labute approximate surface area is 98.8 Å². The zero-order chi connectivity index (χ0) is 12.1. The minimum absolute atomic E-state index is 0.239. The highest BCUT2D eigenvalue weighted by Gasteiger charge is 2.13. The van der Waals surface area contributed by atoms with E-state index in [1.807, 2.05) is 6.07 Å². The van der Waals surface area contributed by atoms with Crippen LogP contribution in [-0.2, 0) is 6.42 Å². The molecule has 0 bridgehead atoms. The highest BCUT2D eigenvalue weighted by molar-refractivity contribution is 6.02. The molecule has 1 amide bonds. The Morgan fingerprint density at radius 3 is 3.00 bits per heavy atom. The molecule has 0 atom stereocenters. The second-order valence-corrected chi connectivity index (χ2v) is 3.72. The summed E-state index contributed by atoms with van der Waals surface area (Å²) in [6.45, 7) is 2.12. The highest BCUT2D eigenvalue weighted by Crippen LogP contribution is 2.19. The summed E-state index contributed by atoms with van der Waals surface area (Å²) in [4.78, 5) is 11.7. The Balaban J connectivity index is 2.03. The number of hydrogen-bond acceptors (Lipinski definition) is 4. The summed E-state index contributed by atoms with van der Waals surface area (Å²) in [6, 6.07) is 3.37. The smallest absolute Gasteiger partial charge is 0.280 e. The summed E-state index contributed by atoms with van der Waals surface area (Å²) in [7, 11) is 0. The summed E-state index contributed by atoms with van der Waals surface area (Å²) in [6.07, 6.45) is 5.98. The molecule has 2 aromatic heterocycles. The van der Waals surface area contributed by atoms with Crippen LogP contribution in [0.25, 0.3) is 0 Å². The van der Waals surface area contributed by atoms with Gasteiger partial charge in [0.25, 0.3) is 5.91 Å².